The van der Waals surface area contributed by atoms with Gasteiger partial charge in [0.2, 0.25) is 0 Å². The Balaban J connectivity index is 2.37. The highest BCUT2D eigenvalue weighted by molar-refractivity contribution is 6.81. The van der Waals surface area contributed by atoms with Crippen LogP contribution in [0.3, 0.4) is 0 Å². The second kappa shape index (κ2) is 3.85. The van der Waals surface area contributed by atoms with Gasteiger partial charge in [0.05, 0.1) is 13.8 Å². The highest BCUT2D eigenvalue weighted by Gasteiger charge is 2.93. The summed E-state index contributed by atoms with van der Waals surface area (Å²) in [5, 5.41) is 42.0. The largest absolute Gasteiger partial charge is 0.394 e. The molecule has 0 radical (unpaired) electrons. The number of aliphatic hydroxyl groups is 4. The summed E-state index contributed by atoms with van der Waals surface area (Å²) in [4.78, 5) is 0. The van der Waals surface area contributed by atoms with E-state index in [0.717, 1.165) is 0 Å². The smallest absolute Gasteiger partial charge is 0.187 e. The molecule has 2 unspecified atom stereocenters. The fourth-order valence-corrected chi connectivity index (χ4v) is 5.39. The minimum Gasteiger partial charge on any atom is -0.394 e. The molecule has 1 saturated carbocycles. The van der Waals surface area contributed by atoms with Crippen LogP contribution in [-0.4, -0.2) is 57.8 Å². The molecule has 118 valence electrons. The first-order chi connectivity index (χ1) is 8.67. The number of hydrogen-bond acceptors (Lipinski definition) is 5. The molecule has 5 atom stereocenters. The van der Waals surface area contributed by atoms with Gasteiger partial charge in [0, 0.05) is 5.41 Å². The molecule has 0 spiro atoms. The fourth-order valence-electron chi connectivity index (χ4n) is 3.43. The molecule has 1 saturated heterocycles. The van der Waals surface area contributed by atoms with Crippen molar-refractivity contribution in [2.45, 2.75) is 82.1 Å². The quantitative estimate of drug-likeness (QED) is 0.561. The Kier molecular flexibility index (Phi) is 3.16. The van der Waals surface area contributed by atoms with E-state index in [0.29, 0.717) is 0 Å². The molecule has 6 heteroatoms. The second-order valence-electron chi connectivity index (χ2n) is 8.48. The monoisotopic (exact) mass is 304 g/mol. The van der Waals surface area contributed by atoms with Gasteiger partial charge in [0.15, 0.2) is 11.9 Å². The van der Waals surface area contributed by atoms with Gasteiger partial charge in [0.1, 0.15) is 11.7 Å². The third-order valence-electron chi connectivity index (χ3n) is 6.43. The molecule has 2 fully saturated rings. The molecule has 0 aromatic rings. The maximum absolute atomic E-state index is 10.8. The van der Waals surface area contributed by atoms with Crippen molar-refractivity contribution in [1.29, 1.82) is 0 Å². The first kappa shape index (κ1) is 16.4. The van der Waals surface area contributed by atoms with Gasteiger partial charge in [-0.2, -0.15) is 0 Å². The maximum atomic E-state index is 10.8. The molecule has 0 bridgehead atoms. The van der Waals surface area contributed by atoms with Gasteiger partial charge in [-0.1, -0.05) is 47.7 Å². The van der Waals surface area contributed by atoms with Crippen LogP contribution < -0.4 is 0 Å². The van der Waals surface area contributed by atoms with Gasteiger partial charge in [-0.3, -0.25) is 0 Å². The summed E-state index contributed by atoms with van der Waals surface area (Å²) in [6.45, 7) is 13.6. The summed E-state index contributed by atoms with van der Waals surface area (Å²) >= 11 is 0. The molecule has 1 aliphatic heterocycles. The molecule has 2 rings (SSSR count). The molecular formula is C14H28O5Si. The van der Waals surface area contributed by atoms with E-state index in [2.05, 4.69) is 20.8 Å². The third-order valence-corrected chi connectivity index (χ3v) is 12.1. The molecular weight excluding hydrogens is 276 g/mol. The predicted octanol–water partition coefficient (Wildman–Crippen LogP) is 0.614. The van der Waals surface area contributed by atoms with Crippen molar-refractivity contribution in [3.8, 4) is 0 Å². The van der Waals surface area contributed by atoms with Crippen LogP contribution in [-0.2, 0) is 4.74 Å². The summed E-state index contributed by atoms with van der Waals surface area (Å²) in [5.41, 5.74) is -5.08. The minimum absolute atomic E-state index is 0.100. The van der Waals surface area contributed by atoms with Crippen molar-refractivity contribution >= 4 is 8.07 Å². The van der Waals surface area contributed by atoms with Crippen molar-refractivity contribution in [1.82, 2.24) is 0 Å². The number of rotatable bonds is 2. The van der Waals surface area contributed by atoms with E-state index in [-0.39, 0.29) is 5.04 Å². The van der Waals surface area contributed by atoms with E-state index in [9.17, 15) is 20.4 Å². The van der Waals surface area contributed by atoms with Crippen LogP contribution in [0.2, 0.25) is 18.1 Å². The molecule has 0 aromatic heterocycles. The van der Waals surface area contributed by atoms with Crippen molar-refractivity contribution in [2.75, 3.05) is 0 Å². The number of fused-ring (bicyclic) bond motifs is 1. The Bertz CT molecular complexity index is 430. The van der Waals surface area contributed by atoms with Crippen LogP contribution in [0.15, 0.2) is 0 Å². The van der Waals surface area contributed by atoms with Crippen molar-refractivity contribution < 1.29 is 25.2 Å². The maximum Gasteiger partial charge on any atom is 0.187 e. The van der Waals surface area contributed by atoms with Crippen molar-refractivity contribution in [3.05, 3.63) is 0 Å². The van der Waals surface area contributed by atoms with Crippen LogP contribution in [0.4, 0.5) is 0 Å². The normalized spacial score (nSPS) is 45.1. The summed E-state index contributed by atoms with van der Waals surface area (Å²) in [7, 11) is -2.21. The molecule has 20 heavy (non-hydrogen) atoms. The molecule has 0 amide bonds. The SMILES string of the molecule is CC1(C)[C@]2(O)C(O)O[C@H](C(O)[Si](C)(C)C(C)(C)C)[C@]12O. The average molecular weight is 304 g/mol. The fraction of sp³-hybridized carbons (Fsp3) is 1.00. The lowest BCUT2D eigenvalue weighted by Gasteiger charge is -2.44. The Hall–Kier alpha value is 0.0169. The van der Waals surface area contributed by atoms with Crippen LogP contribution in [0.1, 0.15) is 34.6 Å². The number of aliphatic hydroxyl groups excluding tert-OH is 2. The van der Waals surface area contributed by atoms with Crippen LogP contribution >= 0.6 is 0 Å². The minimum atomic E-state index is -2.21. The van der Waals surface area contributed by atoms with Gasteiger partial charge in [-0.25, -0.2) is 0 Å². The van der Waals surface area contributed by atoms with E-state index >= 15 is 0 Å². The molecule has 1 aliphatic carbocycles. The molecule has 5 nitrogen and oxygen atoms in total. The molecule has 2 aliphatic rings. The van der Waals surface area contributed by atoms with Gasteiger partial charge in [-0.05, 0) is 5.04 Å². The Morgan fingerprint density at radius 1 is 1.10 bits per heavy atom. The zero-order valence-electron chi connectivity index (χ0n) is 13.4. The van der Waals surface area contributed by atoms with Crippen molar-refractivity contribution in [3.63, 3.8) is 0 Å². The van der Waals surface area contributed by atoms with Crippen LogP contribution in [0.5, 0.6) is 0 Å². The van der Waals surface area contributed by atoms with E-state index in [1.54, 1.807) is 13.8 Å². The van der Waals surface area contributed by atoms with Crippen LogP contribution in [0, 0.1) is 5.41 Å². The lowest BCUT2D eigenvalue weighted by Crippen LogP contribution is -2.59. The zero-order valence-corrected chi connectivity index (χ0v) is 14.4. The summed E-state index contributed by atoms with van der Waals surface area (Å²) in [6.07, 6.45) is -2.43. The summed E-state index contributed by atoms with van der Waals surface area (Å²) in [6, 6.07) is 0. The van der Waals surface area contributed by atoms with E-state index in [1.165, 1.54) is 0 Å². The molecule has 4 N–H and O–H groups in total. The first-order valence-electron chi connectivity index (χ1n) is 7.13. The van der Waals surface area contributed by atoms with E-state index < -0.39 is 42.8 Å². The Labute approximate surface area is 121 Å². The Morgan fingerprint density at radius 2 is 1.55 bits per heavy atom. The van der Waals surface area contributed by atoms with Crippen LogP contribution in [0.25, 0.3) is 0 Å². The van der Waals surface area contributed by atoms with E-state index in [4.69, 9.17) is 4.74 Å². The average Bonchev–Trinajstić information content (AvgIpc) is 2.52. The van der Waals surface area contributed by atoms with Gasteiger partial charge < -0.3 is 25.2 Å². The van der Waals surface area contributed by atoms with Gasteiger partial charge >= 0.3 is 0 Å². The lowest BCUT2D eigenvalue weighted by molar-refractivity contribution is -0.190. The Morgan fingerprint density at radius 3 is 1.85 bits per heavy atom. The van der Waals surface area contributed by atoms with E-state index in [1.807, 2.05) is 13.1 Å². The van der Waals surface area contributed by atoms with Gasteiger partial charge in [-0.15, -0.1) is 0 Å². The third kappa shape index (κ3) is 1.45. The lowest BCUT2D eigenvalue weighted by atomic mass is 10.0. The second-order valence-corrected chi connectivity index (χ2v) is 14.0. The summed E-state index contributed by atoms with van der Waals surface area (Å²) < 4.78 is 5.35. The molecule has 0 aromatic carbocycles. The van der Waals surface area contributed by atoms with Gasteiger partial charge in [0.25, 0.3) is 0 Å². The topological polar surface area (TPSA) is 90.2 Å². The zero-order chi connectivity index (χ0) is 15.9. The highest BCUT2D eigenvalue weighted by atomic mass is 28.3. The predicted molar refractivity (Wildman–Crippen MR) is 77.8 cm³/mol. The number of ether oxygens (including phenoxy) is 1. The van der Waals surface area contributed by atoms with Crippen molar-refractivity contribution in [2.24, 2.45) is 5.41 Å². The standard InChI is InChI=1S/C14H28O5Si/c1-11(2,3)20(6,7)9(15)8-13(17)12(4,5)14(13,18)10(16)19-8/h8-10,15-18H,1-7H3/t8-,9?,10?,13+,14-/m1/s1. The first-order valence-corrected chi connectivity index (χ1v) is 10.2. The highest BCUT2D eigenvalue weighted by Crippen LogP contribution is 2.73. The molecule has 1 heterocycles. The number of hydrogen-bond donors (Lipinski definition) is 4. The summed E-state index contributed by atoms with van der Waals surface area (Å²) in [5.74, 6) is 0.